The molecule has 1 aliphatic carbocycles. The fourth-order valence-corrected chi connectivity index (χ4v) is 6.30. The Bertz CT molecular complexity index is 1170. The molecule has 0 radical (unpaired) electrons. The number of Topliss-reactive ketones (excluding diaryl/α,β-unsaturated/α-hetero) is 1. The molecule has 0 amide bonds. The Morgan fingerprint density at radius 1 is 0.919 bits per heavy atom. The number of pyridine rings is 1. The van der Waals surface area contributed by atoms with Gasteiger partial charge in [0.05, 0.1) is 6.61 Å². The minimum absolute atomic E-state index is 0.296. The van der Waals surface area contributed by atoms with Crippen LogP contribution in [0.1, 0.15) is 54.4 Å². The van der Waals surface area contributed by atoms with Gasteiger partial charge in [-0.2, -0.15) is 0 Å². The van der Waals surface area contributed by atoms with Crippen molar-refractivity contribution < 1.29 is 9.53 Å². The lowest BCUT2D eigenvalue weighted by Gasteiger charge is -2.37. The van der Waals surface area contributed by atoms with E-state index >= 15 is 0 Å². The number of carbonyl (C=O) groups is 1. The van der Waals surface area contributed by atoms with Crippen LogP contribution >= 0.6 is 0 Å². The third-order valence-electron chi connectivity index (χ3n) is 8.64. The van der Waals surface area contributed by atoms with E-state index in [1.54, 1.807) is 0 Å². The van der Waals surface area contributed by atoms with Crippen LogP contribution in [-0.2, 0) is 6.42 Å². The summed E-state index contributed by atoms with van der Waals surface area (Å²) in [5.74, 6) is 3.69. The molecule has 1 saturated carbocycles. The van der Waals surface area contributed by atoms with Gasteiger partial charge in [0.2, 0.25) is 0 Å². The van der Waals surface area contributed by atoms with E-state index in [2.05, 4.69) is 25.4 Å². The van der Waals surface area contributed by atoms with Crippen molar-refractivity contribution in [1.82, 2.24) is 14.5 Å². The summed E-state index contributed by atoms with van der Waals surface area (Å²) in [7, 11) is 0. The lowest BCUT2D eigenvalue weighted by atomic mass is 9.78. The van der Waals surface area contributed by atoms with Gasteiger partial charge in [-0.05, 0) is 80.1 Å². The second-order valence-corrected chi connectivity index (χ2v) is 11.0. The maximum Gasteiger partial charge on any atom is 0.171 e. The van der Waals surface area contributed by atoms with Crippen molar-refractivity contribution in [2.45, 2.75) is 44.9 Å². The molecule has 2 fully saturated rings. The van der Waals surface area contributed by atoms with Crippen LogP contribution in [0.25, 0.3) is 5.69 Å². The zero-order valence-corrected chi connectivity index (χ0v) is 21.7. The highest BCUT2D eigenvalue weighted by Crippen LogP contribution is 2.35. The number of nitrogens with zero attached hydrogens (tertiary/aromatic N) is 4. The molecule has 37 heavy (non-hydrogen) atoms. The Morgan fingerprint density at radius 3 is 2.41 bits per heavy atom. The van der Waals surface area contributed by atoms with Gasteiger partial charge in [0.1, 0.15) is 0 Å². The summed E-state index contributed by atoms with van der Waals surface area (Å²) in [5.41, 5.74) is 3.24. The monoisotopic (exact) mass is 498 g/mol. The molecule has 0 unspecified atom stereocenters. The lowest BCUT2D eigenvalue weighted by molar-refractivity contribution is 0.0940. The minimum Gasteiger partial charge on any atom is -0.489 e. The van der Waals surface area contributed by atoms with E-state index in [1.165, 1.54) is 44.2 Å². The summed E-state index contributed by atoms with van der Waals surface area (Å²) in [5, 5.41) is 0. The van der Waals surface area contributed by atoms with Crippen molar-refractivity contribution in [2.75, 3.05) is 44.2 Å². The van der Waals surface area contributed by atoms with Crippen LogP contribution < -0.4 is 9.64 Å². The summed E-state index contributed by atoms with van der Waals surface area (Å²) in [6.07, 6.45) is 13.9. The number of ketones is 1. The van der Waals surface area contributed by atoms with E-state index in [0.29, 0.717) is 18.1 Å². The summed E-state index contributed by atoms with van der Waals surface area (Å²) in [4.78, 5) is 22.5. The van der Waals surface area contributed by atoms with Crippen LogP contribution in [0, 0.1) is 11.8 Å². The highest BCUT2D eigenvalue weighted by molar-refractivity contribution is 5.96. The Hall–Kier alpha value is -3.12. The van der Waals surface area contributed by atoms with Crippen LogP contribution in [0.15, 0.2) is 61.1 Å². The number of carbonyl (C=O) groups excluding carboxylic acids is 1. The average Bonchev–Trinajstić information content (AvgIpc) is 3.66. The van der Waals surface area contributed by atoms with E-state index in [9.17, 15) is 4.79 Å². The first-order valence-electron chi connectivity index (χ1n) is 14.1. The average molecular weight is 499 g/mol. The SMILES string of the molecule is O=C(CC1CCC(CCN2CCN(c3nccc4c3OCC4)CC2)CC1)c1ccc(-n2cccc2)cc1. The predicted octanol–water partition coefficient (Wildman–Crippen LogP) is 5.40. The van der Waals surface area contributed by atoms with E-state index in [4.69, 9.17) is 4.74 Å². The highest BCUT2D eigenvalue weighted by Gasteiger charge is 2.27. The molecule has 2 aliphatic heterocycles. The molecule has 6 rings (SSSR count). The van der Waals surface area contributed by atoms with Crippen LogP contribution in [0.2, 0.25) is 0 Å². The molecule has 194 valence electrons. The number of hydrogen-bond acceptors (Lipinski definition) is 5. The molecule has 1 saturated heterocycles. The van der Waals surface area contributed by atoms with Crippen molar-refractivity contribution >= 4 is 11.6 Å². The van der Waals surface area contributed by atoms with Crippen LogP contribution in [0.5, 0.6) is 5.75 Å². The third-order valence-corrected chi connectivity index (χ3v) is 8.64. The molecule has 1 aromatic carbocycles. The van der Waals surface area contributed by atoms with Gasteiger partial charge in [-0.25, -0.2) is 4.98 Å². The molecule has 4 heterocycles. The zero-order valence-electron chi connectivity index (χ0n) is 21.7. The van der Waals surface area contributed by atoms with Gasteiger partial charge in [-0.1, -0.05) is 12.8 Å². The standard InChI is InChI=1S/C31H38N4O2/c36-29(26-7-9-28(10-8-26)34-15-1-2-16-34)23-25-5-3-24(4-6-25)12-17-33-18-20-35(21-19-33)31-30-27(11-14-32-31)13-22-37-30/h1-2,7-11,14-16,24-25H,3-6,12-13,17-23H2. The molecule has 6 heteroatoms. The zero-order chi connectivity index (χ0) is 25.0. The fourth-order valence-electron chi connectivity index (χ4n) is 6.30. The second-order valence-electron chi connectivity index (χ2n) is 11.0. The smallest absolute Gasteiger partial charge is 0.171 e. The van der Waals surface area contributed by atoms with Gasteiger partial charge < -0.3 is 14.2 Å². The number of rotatable bonds is 8. The van der Waals surface area contributed by atoms with Crippen molar-refractivity contribution in [2.24, 2.45) is 11.8 Å². The molecule has 2 aromatic heterocycles. The van der Waals surface area contributed by atoms with Crippen molar-refractivity contribution in [3.63, 3.8) is 0 Å². The first-order valence-corrected chi connectivity index (χ1v) is 14.1. The number of hydrogen-bond donors (Lipinski definition) is 0. The Balaban J connectivity index is 0.910. The van der Waals surface area contributed by atoms with E-state index in [-0.39, 0.29) is 0 Å². The van der Waals surface area contributed by atoms with Gasteiger partial charge in [0, 0.05) is 74.4 Å². The minimum atomic E-state index is 0.296. The molecular weight excluding hydrogens is 460 g/mol. The molecule has 0 N–H and O–H groups in total. The number of ether oxygens (including phenoxy) is 1. The van der Waals surface area contributed by atoms with Gasteiger partial charge in [0.15, 0.2) is 17.4 Å². The molecule has 3 aliphatic rings. The second kappa shape index (κ2) is 11.1. The van der Waals surface area contributed by atoms with Gasteiger partial charge in [0.25, 0.3) is 0 Å². The largest absolute Gasteiger partial charge is 0.489 e. The number of anilines is 1. The van der Waals surface area contributed by atoms with Crippen LogP contribution in [-0.4, -0.2) is 59.6 Å². The first kappa shape index (κ1) is 24.2. The Labute approximate surface area is 220 Å². The van der Waals surface area contributed by atoms with Gasteiger partial charge in [-0.15, -0.1) is 0 Å². The summed E-state index contributed by atoms with van der Waals surface area (Å²) in [6.45, 7) is 6.21. The summed E-state index contributed by atoms with van der Waals surface area (Å²) in [6, 6.07) is 14.2. The molecular formula is C31H38N4O2. The molecule has 0 bridgehead atoms. The van der Waals surface area contributed by atoms with E-state index < -0.39 is 0 Å². The van der Waals surface area contributed by atoms with Crippen LogP contribution in [0.3, 0.4) is 0 Å². The molecule has 6 nitrogen and oxygen atoms in total. The Morgan fingerprint density at radius 2 is 1.65 bits per heavy atom. The lowest BCUT2D eigenvalue weighted by Crippen LogP contribution is -2.47. The van der Waals surface area contributed by atoms with Crippen molar-refractivity contribution in [3.05, 3.63) is 72.2 Å². The van der Waals surface area contributed by atoms with Crippen LogP contribution in [0.4, 0.5) is 5.82 Å². The maximum atomic E-state index is 12.9. The number of fused-ring (bicyclic) bond motifs is 1. The number of aromatic nitrogens is 2. The number of benzene rings is 1. The van der Waals surface area contributed by atoms with Gasteiger partial charge >= 0.3 is 0 Å². The van der Waals surface area contributed by atoms with Gasteiger partial charge in [-0.3, -0.25) is 9.69 Å². The third kappa shape index (κ3) is 5.59. The summed E-state index contributed by atoms with van der Waals surface area (Å²) >= 11 is 0. The molecule has 0 spiro atoms. The summed E-state index contributed by atoms with van der Waals surface area (Å²) < 4.78 is 7.94. The Kier molecular flexibility index (Phi) is 7.27. The first-order chi connectivity index (χ1) is 18.2. The number of piperazine rings is 1. The molecule has 3 aromatic rings. The maximum absolute atomic E-state index is 12.9. The predicted molar refractivity (Wildman–Crippen MR) is 147 cm³/mol. The fraction of sp³-hybridized carbons (Fsp3) is 0.484. The quantitative estimate of drug-likeness (QED) is 0.389. The van der Waals surface area contributed by atoms with Crippen molar-refractivity contribution in [1.29, 1.82) is 0 Å². The topological polar surface area (TPSA) is 50.6 Å². The van der Waals surface area contributed by atoms with E-state index in [0.717, 1.165) is 67.9 Å². The van der Waals surface area contributed by atoms with Crippen molar-refractivity contribution in [3.8, 4) is 11.4 Å². The highest BCUT2D eigenvalue weighted by atomic mass is 16.5. The normalized spacial score (nSPS) is 22.0. The van der Waals surface area contributed by atoms with E-state index in [1.807, 2.05) is 55.0 Å². The molecule has 0 atom stereocenters.